The van der Waals surface area contributed by atoms with E-state index in [1.807, 2.05) is 0 Å². The van der Waals surface area contributed by atoms with Gasteiger partial charge in [0, 0.05) is 0 Å². The van der Waals surface area contributed by atoms with Crippen molar-refractivity contribution in [1.29, 1.82) is 0 Å². The molecule has 0 fully saturated rings. The Labute approximate surface area is 79.1 Å². The Morgan fingerprint density at radius 3 is 2.42 bits per heavy atom. The van der Waals surface area contributed by atoms with Crippen LogP contribution in [0.4, 0.5) is 0 Å². The summed E-state index contributed by atoms with van der Waals surface area (Å²) in [4.78, 5) is 0. The molecule has 0 bridgehead atoms. The van der Waals surface area contributed by atoms with Crippen molar-refractivity contribution in [2.24, 2.45) is 5.92 Å². The van der Waals surface area contributed by atoms with E-state index in [4.69, 9.17) is 0 Å². The topological polar surface area (TPSA) is 20.2 Å². The molecule has 3 atom stereocenters. The molecule has 0 aliphatic carbocycles. The molecule has 0 aromatic heterocycles. The lowest BCUT2D eigenvalue weighted by Crippen LogP contribution is -2.14. The van der Waals surface area contributed by atoms with Gasteiger partial charge in [-0.25, -0.2) is 0 Å². The van der Waals surface area contributed by atoms with Crippen molar-refractivity contribution in [3.63, 3.8) is 0 Å². The Hall–Kier alpha value is 0.390. The van der Waals surface area contributed by atoms with Gasteiger partial charge in [0.1, 0.15) is 0 Å². The van der Waals surface area contributed by atoms with Crippen LogP contribution in [0.2, 0.25) is 0 Å². The number of rotatable bonds is 7. The molecule has 0 spiro atoms. The molecule has 0 heterocycles. The zero-order chi connectivity index (χ0) is 9.40. The molecule has 0 aliphatic heterocycles. The maximum absolute atomic E-state index is 9.44. The van der Waals surface area contributed by atoms with Crippen LogP contribution in [0.25, 0.3) is 0 Å². The van der Waals surface area contributed by atoms with Crippen LogP contribution in [-0.4, -0.2) is 17.4 Å². The van der Waals surface area contributed by atoms with Crippen molar-refractivity contribution in [3.8, 4) is 0 Å². The third kappa shape index (κ3) is 5.97. The van der Waals surface area contributed by atoms with E-state index in [9.17, 15) is 5.11 Å². The summed E-state index contributed by atoms with van der Waals surface area (Å²) in [6.45, 7) is 4.44. The first-order valence-corrected chi connectivity index (χ1v) is 5.94. The summed E-state index contributed by atoms with van der Waals surface area (Å²) in [7, 11) is 2.60. The summed E-state index contributed by atoms with van der Waals surface area (Å²) in [6.07, 6.45) is 6.78. The molecule has 0 radical (unpaired) electrons. The van der Waals surface area contributed by atoms with Crippen LogP contribution in [0.15, 0.2) is 0 Å². The molecule has 0 saturated carbocycles. The van der Waals surface area contributed by atoms with Gasteiger partial charge in [-0.15, -0.1) is 9.24 Å². The fourth-order valence-corrected chi connectivity index (χ4v) is 1.65. The Morgan fingerprint density at radius 2 is 2.00 bits per heavy atom. The molecule has 0 aliphatic rings. The van der Waals surface area contributed by atoms with Gasteiger partial charge >= 0.3 is 0 Å². The summed E-state index contributed by atoms with van der Waals surface area (Å²) in [6, 6.07) is 0. The summed E-state index contributed by atoms with van der Waals surface area (Å²) < 4.78 is 0. The van der Waals surface area contributed by atoms with Crippen molar-refractivity contribution in [3.05, 3.63) is 0 Å². The molecule has 0 amide bonds. The van der Waals surface area contributed by atoms with Crippen molar-refractivity contribution >= 4 is 9.24 Å². The smallest absolute Gasteiger partial charge is 0.0577 e. The standard InChI is InChI=1S/C10H23OP/c1-3-5-6-9(4-2)7-10(11)8-12/h9-11H,3-8,12H2,1-2H3. The van der Waals surface area contributed by atoms with Gasteiger partial charge in [-0.2, -0.15) is 0 Å². The average Bonchev–Trinajstić information content (AvgIpc) is 2.11. The van der Waals surface area contributed by atoms with E-state index in [0.29, 0.717) is 0 Å². The third-order valence-electron chi connectivity index (χ3n) is 2.42. The first-order valence-electron chi connectivity index (χ1n) is 5.12. The normalized spacial score (nSPS) is 16.0. The highest BCUT2D eigenvalue weighted by Crippen LogP contribution is 2.19. The number of hydrogen-bond donors (Lipinski definition) is 1. The Morgan fingerprint density at radius 1 is 1.33 bits per heavy atom. The van der Waals surface area contributed by atoms with Gasteiger partial charge in [-0.1, -0.05) is 39.5 Å². The monoisotopic (exact) mass is 190 g/mol. The molecule has 12 heavy (non-hydrogen) atoms. The minimum atomic E-state index is -0.100. The molecule has 0 aromatic carbocycles. The summed E-state index contributed by atoms with van der Waals surface area (Å²) in [5, 5.41) is 9.44. The fourth-order valence-electron chi connectivity index (χ4n) is 1.46. The van der Waals surface area contributed by atoms with Crippen molar-refractivity contribution in [2.75, 3.05) is 6.16 Å². The molecule has 1 N–H and O–H groups in total. The zero-order valence-corrected chi connectivity index (χ0v) is 9.58. The Kier molecular flexibility index (Phi) is 8.27. The lowest BCUT2D eigenvalue weighted by Gasteiger charge is -2.17. The van der Waals surface area contributed by atoms with Crippen LogP contribution < -0.4 is 0 Å². The van der Waals surface area contributed by atoms with E-state index < -0.39 is 0 Å². The predicted molar refractivity (Wildman–Crippen MR) is 58.5 cm³/mol. The molecule has 3 unspecified atom stereocenters. The minimum absolute atomic E-state index is 0.100. The summed E-state index contributed by atoms with van der Waals surface area (Å²) >= 11 is 0. The average molecular weight is 190 g/mol. The first-order chi connectivity index (χ1) is 5.74. The number of unbranched alkanes of at least 4 members (excludes halogenated alkanes) is 1. The van der Waals surface area contributed by atoms with Crippen LogP contribution in [0.5, 0.6) is 0 Å². The molecule has 0 aromatic rings. The lowest BCUT2D eigenvalue weighted by molar-refractivity contribution is 0.159. The zero-order valence-electron chi connectivity index (χ0n) is 8.42. The van der Waals surface area contributed by atoms with Crippen LogP contribution in [-0.2, 0) is 0 Å². The number of hydrogen-bond acceptors (Lipinski definition) is 1. The van der Waals surface area contributed by atoms with Gasteiger partial charge in [-0.05, 0) is 18.5 Å². The van der Waals surface area contributed by atoms with Gasteiger partial charge in [-0.3, -0.25) is 0 Å². The molecule has 2 heteroatoms. The van der Waals surface area contributed by atoms with Crippen LogP contribution in [0.1, 0.15) is 46.0 Å². The van der Waals surface area contributed by atoms with Gasteiger partial charge in [0.2, 0.25) is 0 Å². The molecule has 74 valence electrons. The molecule has 0 rings (SSSR count). The predicted octanol–water partition coefficient (Wildman–Crippen LogP) is 2.83. The van der Waals surface area contributed by atoms with E-state index in [1.165, 1.54) is 25.7 Å². The third-order valence-corrected chi connectivity index (χ3v) is 2.96. The first kappa shape index (κ1) is 12.4. The molecule has 1 nitrogen and oxygen atoms in total. The van der Waals surface area contributed by atoms with Crippen LogP contribution >= 0.6 is 9.24 Å². The van der Waals surface area contributed by atoms with Crippen molar-refractivity contribution < 1.29 is 5.11 Å². The Balaban J connectivity index is 3.51. The van der Waals surface area contributed by atoms with Crippen LogP contribution in [0.3, 0.4) is 0 Å². The van der Waals surface area contributed by atoms with Gasteiger partial charge in [0.25, 0.3) is 0 Å². The quantitative estimate of drug-likeness (QED) is 0.612. The van der Waals surface area contributed by atoms with E-state index in [1.54, 1.807) is 0 Å². The second-order valence-electron chi connectivity index (χ2n) is 3.54. The maximum atomic E-state index is 9.44. The highest BCUT2D eigenvalue weighted by atomic mass is 31.0. The molecule has 0 saturated heterocycles. The van der Waals surface area contributed by atoms with Crippen molar-refractivity contribution in [1.82, 2.24) is 0 Å². The molecular formula is C10H23OP. The largest absolute Gasteiger partial charge is 0.393 e. The van der Waals surface area contributed by atoms with E-state index in [-0.39, 0.29) is 6.10 Å². The lowest BCUT2D eigenvalue weighted by atomic mass is 9.94. The van der Waals surface area contributed by atoms with E-state index in [0.717, 1.165) is 18.5 Å². The highest BCUT2D eigenvalue weighted by molar-refractivity contribution is 7.16. The second-order valence-corrected chi connectivity index (χ2v) is 4.01. The molecular weight excluding hydrogens is 167 g/mol. The van der Waals surface area contributed by atoms with Crippen LogP contribution in [0, 0.1) is 5.92 Å². The van der Waals surface area contributed by atoms with Crippen molar-refractivity contribution in [2.45, 2.75) is 52.1 Å². The Bertz CT molecular complexity index is 95.8. The fraction of sp³-hybridized carbons (Fsp3) is 1.00. The number of aliphatic hydroxyl groups is 1. The van der Waals surface area contributed by atoms with Gasteiger partial charge in [0.15, 0.2) is 0 Å². The summed E-state index contributed by atoms with van der Waals surface area (Å²) in [5.74, 6) is 0.737. The number of aliphatic hydroxyl groups excluding tert-OH is 1. The summed E-state index contributed by atoms with van der Waals surface area (Å²) in [5.41, 5.74) is 0. The van der Waals surface area contributed by atoms with E-state index >= 15 is 0 Å². The second kappa shape index (κ2) is 8.01. The highest BCUT2D eigenvalue weighted by Gasteiger charge is 2.10. The minimum Gasteiger partial charge on any atom is -0.393 e. The maximum Gasteiger partial charge on any atom is 0.0577 e. The van der Waals surface area contributed by atoms with Gasteiger partial charge < -0.3 is 5.11 Å². The van der Waals surface area contributed by atoms with E-state index in [2.05, 4.69) is 23.1 Å². The van der Waals surface area contributed by atoms with Gasteiger partial charge in [0.05, 0.1) is 6.10 Å². The SMILES string of the molecule is CCCCC(CC)CC(O)CP.